The molecule has 3 aromatic heterocycles. The molecule has 3 N–H and O–H groups in total. The number of rotatable bonds is 9. The van der Waals surface area contributed by atoms with Crippen molar-refractivity contribution in [1.82, 2.24) is 60.6 Å². The van der Waals surface area contributed by atoms with Crippen LogP contribution in [-0.2, 0) is 98.6 Å². The maximum Gasteiger partial charge on any atom is 0.408 e. The molecule has 9 aliphatic rings. The molecular formula is C99H129F6N12O18V3-3. The van der Waals surface area contributed by atoms with Crippen molar-refractivity contribution in [1.29, 1.82) is 0 Å². The fourth-order valence-corrected chi connectivity index (χ4v) is 20.6. The van der Waals surface area contributed by atoms with Gasteiger partial charge in [0.1, 0.15) is 107 Å². The first-order valence-electron chi connectivity index (χ1n) is 47.5. The van der Waals surface area contributed by atoms with Gasteiger partial charge >= 0.3 is 18.3 Å². The van der Waals surface area contributed by atoms with Crippen molar-refractivity contribution in [3.63, 3.8) is 0 Å². The van der Waals surface area contributed by atoms with Crippen LogP contribution in [0.1, 0.15) is 255 Å². The molecule has 3 aliphatic carbocycles. The van der Waals surface area contributed by atoms with Gasteiger partial charge < -0.3 is 87.7 Å². The molecule has 3 radical (unpaired) electrons. The van der Waals surface area contributed by atoms with E-state index in [4.69, 9.17) is 42.6 Å². The molecule has 3 saturated carbocycles. The smallest absolute Gasteiger partial charge is 0.408 e. The standard InChI is InChI=1S/C34H45F2N4O6.C33H43F2N4O6.C32H41F2N4O6.3V/c1-7-21-25(18-41)40-17-26(21)45-30-28(37-23-14-13-20(44-6)16-24(23)38-30)27(36)22(35)12-8-10-19-11-9-15-34(19,5)46-32(43)39-29(31(40)42)33(2,3)4;1-6-20-24(17-40)39-16-26(20)44-30-28(36-22-14-13-19(43-5)15-23(22)37-30)27(35)21(34)11-7-9-18-10-8-12-25(18)45-32(42)38-29(31(39)41)33(2,3)4;1-7-19-23(16-39)38-15-24(19)43-28-26(35-21-12-11-18(42-6)13-22(21)36-28)25(34)20(33)10-8-9-17-14-32(17,5)44-30(41)37-27(29(38)40)31(2,3)4;;;/h13-14,16,19,21-22,25-27,29H,7-12,15,17H2,1-6H3,(H,39,43);13-15,18,20-21,24-27,29H,6-12,16H2,1-5H3,(H,38,42);11-13,17,19-20,23-25,27H,7-10,14-15H2,1-6H3,(H,37,41);;;/q3*-1;;;/t19-,21+,22?,25-,26+,27?,29-,34-;18-,20+,21?,24-,25-,26+,27?,29-;17-,19+,20?,23-,24+,25?,27-,32-;;;/m111.../s1. The van der Waals surface area contributed by atoms with Crippen LogP contribution in [0.3, 0.4) is 0 Å². The van der Waals surface area contributed by atoms with Gasteiger partial charge in [-0.3, -0.25) is 14.4 Å². The Morgan fingerprint density at radius 1 is 0.399 bits per heavy atom. The maximum atomic E-state index is 16.1. The van der Waals surface area contributed by atoms with Crippen LogP contribution in [-0.4, -0.2) is 231 Å². The fraction of sp³-hybridized carbons (Fsp3) is 0.667. The second-order valence-corrected chi connectivity index (χ2v) is 41.1. The molecule has 6 aliphatic heterocycles. The van der Waals surface area contributed by atoms with Crippen LogP contribution in [0.2, 0.25) is 0 Å². The number of benzene rings is 3. The number of fused-ring (bicyclic) bond motifs is 15. The number of nitrogens with one attached hydrogen (secondary N) is 3. The van der Waals surface area contributed by atoms with E-state index in [1.54, 1.807) is 61.5 Å². The number of ether oxygens (including phenoxy) is 9. The molecule has 6 unspecified atom stereocenters. The van der Waals surface area contributed by atoms with E-state index in [0.717, 1.165) is 25.7 Å². The van der Waals surface area contributed by atoms with E-state index in [1.807, 2.05) is 109 Å². The Morgan fingerprint density at radius 3 is 1.04 bits per heavy atom. The van der Waals surface area contributed by atoms with Gasteiger partial charge in [0.2, 0.25) is 35.4 Å². The third-order valence-electron chi connectivity index (χ3n) is 28.7. The summed E-state index contributed by atoms with van der Waals surface area (Å²) in [6, 6.07) is 8.64. The van der Waals surface area contributed by atoms with Gasteiger partial charge in [-0.15, -0.1) is 0 Å². The fourth-order valence-electron chi connectivity index (χ4n) is 20.6. The Bertz CT molecular complexity index is 5300. The average molecular weight is 2040 g/mol. The minimum atomic E-state index is -2.14. The molecule has 9 heterocycles. The molecule has 6 aromatic rings. The Kier molecular flexibility index (Phi) is 37.3. The Balaban J connectivity index is 0.000000211. The second-order valence-electron chi connectivity index (χ2n) is 41.1. The maximum absolute atomic E-state index is 16.1. The van der Waals surface area contributed by atoms with E-state index in [1.165, 1.54) is 36.0 Å². The molecule has 3 aromatic carbocycles. The summed E-state index contributed by atoms with van der Waals surface area (Å²) in [5.74, 6) is -2.24. The monoisotopic (exact) mass is 2040 g/mol. The summed E-state index contributed by atoms with van der Waals surface area (Å²) < 4.78 is 147. The number of hydrogen-bond donors (Lipinski definition) is 3. The molecule has 753 valence electrons. The van der Waals surface area contributed by atoms with Crippen molar-refractivity contribution < 1.29 is 168 Å². The van der Waals surface area contributed by atoms with Gasteiger partial charge in [-0.1, -0.05) is 140 Å². The minimum absolute atomic E-state index is 0. The Hall–Kier alpha value is -8.96. The third-order valence-corrected chi connectivity index (χ3v) is 28.7. The van der Waals surface area contributed by atoms with E-state index >= 15 is 26.3 Å². The molecule has 3 saturated heterocycles. The SMILES string of the molecule is CC[C@@H]1[C@@H]2CN(C(=O)[C@H](C(C)(C)C)NC(=O)O[C@@H]3CCC[C@H]3CCCC(F)C(F)c3nc4ccc(OC)cc4nc3O2)[C@@H]1[C-]=O.CC[C@@H]1[C@@H]2CN(C(=O)[C@H](C(C)(C)C)NC(=O)O[C@]3(C)CCC[C@H]3CCCC(F)C(F)c3nc4ccc(OC)cc4nc3O2)[C@@H]1[C-]=O.CC[C@@H]1[C@@H]2CN(C(=O)[C@H](C(C)(C)C)NC(=O)O[C@]3(C)C[C@H]3CCCC(F)C(F)c3nc4ccc(OC)cc4nc3O2)[C@@H]1[C-]=O.[V].[V].[V]. The van der Waals surface area contributed by atoms with Gasteiger partial charge in [0.05, 0.1) is 74.1 Å². The molecule has 6 bridgehead atoms. The molecule has 24 atom stereocenters. The topological polar surface area (TPSA) is 360 Å². The van der Waals surface area contributed by atoms with Crippen LogP contribution >= 0.6 is 0 Å². The summed E-state index contributed by atoms with van der Waals surface area (Å²) in [6.07, 6.45) is -2.15. The number of amides is 6. The zero-order valence-electron chi connectivity index (χ0n) is 81.4. The van der Waals surface area contributed by atoms with Gasteiger partial charge in [0.15, 0.2) is 18.5 Å². The number of alkyl carbamates (subject to hydrolysis) is 3. The van der Waals surface area contributed by atoms with E-state index in [0.29, 0.717) is 127 Å². The normalized spacial score (nSPS) is 31.8. The van der Waals surface area contributed by atoms with Crippen LogP contribution in [0.15, 0.2) is 54.6 Å². The number of carbonyl (C=O) groups is 6. The van der Waals surface area contributed by atoms with Crippen molar-refractivity contribution >= 4 is 88.0 Å². The molecule has 39 heteroatoms. The van der Waals surface area contributed by atoms with Gasteiger partial charge in [-0.2, -0.15) is 0 Å². The molecule has 30 nitrogen and oxygen atoms in total. The number of methoxy groups -OCH3 is 3. The molecule has 6 fully saturated rings. The van der Waals surface area contributed by atoms with Gasteiger partial charge in [0.25, 0.3) is 0 Å². The first kappa shape index (κ1) is 111. The predicted molar refractivity (Wildman–Crippen MR) is 486 cm³/mol. The van der Waals surface area contributed by atoms with E-state index in [2.05, 4.69) is 45.9 Å². The molecule has 0 spiro atoms. The zero-order chi connectivity index (χ0) is 97.8. The van der Waals surface area contributed by atoms with Crippen LogP contribution in [0.25, 0.3) is 33.1 Å². The molecule has 6 amide bonds. The van der Waals surface area contributed by atoms with Crippen molar-refractivity contribution in [2.75, 3.05) is 41.0 Å². The van der Waals surface area contributed by atoms with Gasteiger partial charge in [-0.05, 0) is 180 Å². The minimum Gasteiger partial charge on any atom is -0.540 e. The summed E-state index contributed by atoms with van der Waals surface area (Å²) >= 11 is 0. The van der Waals surface area contributed by atoms with Crippen LogP contribution in [0.5, 0.6) is 34.9 Å². The van der Waals surface area contributed by atoms with E-state index in [-0.39, 0.29) is 153 Å². The Labute approximate surface area is 838 Å². The summed E-state index contributed by atoms with van der Waals surface area (Å²) in [5.41, 5.74) is -2.50. The quantitative estimate of drug-likeness (QED) is 0.0687. The van der Waals surface area contributed by atoms with Crippen molar-refractivity contribution in [3.8, 4) is 34.9 Å². The van der Waals surface area contributed by atoms with Crippen LogP contribution < -0.4 is 44.4 Å². The van der Waals surface area contributed by atoms with E-state index in [9.17, 15) is 43.2 Å². The first-order chi connectivity index (χ1) is 64.0. The zero-order valence-corrected chi connectivity index (χ0v) is 85.6. The number of carbonyl (C=O) groups excluding carboxylic acids is 9. The number of hydrogen-bond acceptors (Lipinski definition) is 24. The second kappa shape index (κ2) is 46.4. The first-order valence-corrected chi connectivity index (χ1v) is 47.5. The average Bonchev–Trinajstić information content (AvgIpc) is 1.61. The number of alkyl halides is 6. The summed E-state index contributed by atoms with van der Waals surface area (Å²) in [7, 11) is 4.51. The number of nitrogens with zero attached hydrogens (tertiary/aromatic N) is 9. The predicted octanol–water partition coefficient (Wildman–Crippen LogP) is 16.7. The van der Waals surface area contributed by atoms with Gasteiger partial charge in [-0.25, -0.2) is 89.5 Å². The number of halogens is 6. The number of aromatic nitrogens is 6. The molecular weight excluding hydrogens is 1910 g/mol. The summed E-state index contributed by atoms with van der Waals surface area (Å²) in [5, 5.41) is 8.32. The Morgan fingerprint density at radius 2 is 0.710 bits per heavy atom. The van der Waals surface area contributed by atoms with Gasteiger partial charge in [0, 0.05) is 79.8 Å². The molecule has 15 rings (SSSR count). The van der Waals surface area contributed by atoms with E-state index < -0.39 is 173 Å². The largest absolute Gasteiger partial charge is 0.540 e. The van der Waals surface area contributed by atoms with Crippen LogP contribution in [0, 0.1) is 51.8 Å². The van der Waals surface area contributed by atoms with Crippen molar-refractivity contribution in [2.24, 2.45) is 51.8 Å². The molecule has 138 heavy (non-hydrogen) atoms. The van der Waals surface area contributed by atoms with Crippen molar-refractivity contribution in [2.45, 2.75) is 328 Å². The van der Waals surface area contributed by atoms with Crippen LogP contribution in [0.4, 0.5) is 40.7 Å². The summed E-state index contributed by atoms with van der Waals surface area (Å²) in [4.78, 5) is 150. The summed E-state index contributed by atoms with van der Waals surface area (Å²) in [6.45, 7) is 25.4. The van der Waals surface area contributed by atoms with Crippen molar-refractivity contribution in [3.05, 3.63) is 71.7 Å². The third kappa shape index (κ3) is 24.7.